The van der Waals surface area contributed by atoms with Crippen molar-refractivity contribution in [2.45, 2.75) is 26.5 Å². The number of Topliss-reactive ketones (excluding diaryl/α,β-unsaturated/α-hetero) is 1. The zero-order valence-electron chi connectivity index (χ0n) is 20.3. The Balaban J connectivity index is 1.36. The molecule has 3 heterocycles. The molecule has 0 aliphatic heterocycles. The summed E-state index contributed by atoms with van der Waals surface area (Å²) < 4.78 is 7.32. The van der Waals surface area contributed by atoms with Crippen LogP contribution in [0, 0.1) is 6.92 Å². The number of hydrogen-bond acceptors (Lipinski definition) is 8. The number of anilines is 2. The molecule has 0 spiro atoms. The second-order valence-corrected chi connectivity index (χ2v) is 9.69. The van der Waals surface area contributed by atoms with Crippen LogP contribution in [0.5, 0.6) is 0 Å². The molecule has 0 saturated heterocycles. The van der Waals surface area contributed by atoms with Crippen LogP contribution in [-0.4, -0.2) is 44.0 Å². The van der Waals surface area contributed by atoms with E-state index in [9.17, 15) is 14.7 Å². The number of aliphatic hydroxyl groups excluding tert-OH is 1. The van der Waals surface area contributed by atoms with E-state index in [-0.39, 0.29) is 24.8 Å². The van der Waals surface area contributed by atoms with Crippen LogP contribution in [-0.2, 0) is 6.54 Å². The maximum atomic E-state index is 13.0. The third-order valence-corrected chi connectivity index (χ3v) is 6.76. The van der Waals surface area contributed by atoms with Crippen molar-refractivity contribution >= 4 is 45.7 Å². The Kier molecular flexibility index (Phi) is 6.85. The number of amides is 1. The van der Waals surface area contributed by atoms with Crippen molar-refractivity contribution in [1.82, 2.24) is 14.5 Å². The number of fused-ring (bicyclic) bond motifs is 1. The van der Waals surface area contributed by atoms with E-state index in [4.69, 9.17) is 4.42 Å². The molecule has 10 heteroatoms. The first-order valence-corrected chi connectivity index (χ1v) is 12.5. The van der Waals surface area contributed by atoms with Gasteiger partial charge >= 0.3 is 0 Å². The first-order valence-electron chi connectivity index (χ1n) is 11.7. The maximum Gasteiger partial charge on any atom is 0.268 e. The Bertz CT molecular complexity index is 1570. The Morgan fingerprint density at radius 2 is 1.95 bits per heavy atom. The number of rotatable bonds is 9. The molecular formula is C27H25N5O4S. The minimum absolute atomic E-state index is 0.0240. The standard InChI is InChI=1S/C27H25N5O4S/c1-16(33)15-32-21-9-8-19(29-13-22(34)18-6-4-3-5-7-18)12-20(21)30-27(32)31-26(35)25-11-10-24(37-25)23-14-28-17(2)36-23/h3-12,14,16,29,33H,13,15H2,1-2H3,(H,30,31,35)/t16-/m1/s1. The highest BCUT2D eigenvalue weighted by Crippen LogP contribution is 2.30. The van der Waals surface area contributed by atoms with Gasteiger partial charge in [-0.2, -0.15) is 0 Å². The van der Waals surface area contributed by atoms with Crippen LogP contribution in [0.3, 0.4) is 0 Å². The normalized spacial score (nSPS) is 12.0. The van der Waals surface area contributed by atoms with Crippen molar-refractivity contribution in [2.24, 2.45) is 0 Å². The molecule has 0 aliphatic rings. The van der Waals surface area contributed by atoms with Crippen molar-refractivity contribution < 1.29 is 19.1 Å². The van der Waals surface area contributed by atoms with E-state index in [1.54, 1.807) is 42.8 Å². The van der Waals surface area contributed by atoms with Gasteiger partial charge in [0.1, 0.15) is 0 Å². The fraction of sp³-hybridized carbons (Fsp3) is 0.185. The molecule has 0 bridgehead atoms. The molecule has 0 saturated carbocycles. The molecule has 0 fully saturated rings. The molecular weight excluding hydrogens is 490 g/mol. The van der Waals surface area contributed by atoms with Gasteiger partial charge in [0.15, 0.2) is 17.4 Å². The number of nitrogens with one attached hydrogen (secondary N) is 2. The Morgan fingerprint density at radius 3 is 2.68 bits per heavy atom. The number of ketones is 1. The molecule has 0 radical (unpaired) electrons. The minimum Gasteiger partial charge on any atom is -0.440 e. The van der Waals surface area contributed by atoms with Crippen molar-refractivity contribution in [1.29, 1.82) is 0 Å². The summed E-state index contributed by atoms with van der Waals surface area (Å²) in [4.78, 5) is 35.5. The molecule has 1 amide bonds. The number of imidazole rings is 1. The smallest absolute Gasteiger partial charge is 0.268 e. The molecule has 0 unspecified atom stereocenters. The number of oxazole rings is 1. The van der Waals surface area contributed by atoms with Gasteiger partial charge in [0, 0.05) is 18.2 Å². The van der Waals surface area contributed by atoms with Crippen LogP contribution in [0.15, 0.2) is 71.3 Å². The van der Waals surface area contributed by atoms with Gasteiger partial charge < -0.3 is 19.4 Å². The highest BCUT2D eigenvalue weighted by atomic mass is 32.1. The van der Waals surface area contributed by atoms with Crippen molar-refractivity contribution in [3.05, 3.63) is 83.2 Å². The van der Waals surface area contributed by atoms with Gasteiger partial charge in [-0.3, -0.25) is 14.9 Å². The number of hydrogen-bond donors (Lipinski definition) is 3. The molecule has 2 aromatic carbocycles. The molecule has 9 nitrogen and oxygen atoms in total. The van der Waals surface area contributed by atoms with E-state index in [2.05, 4.69) is 20.6 Å². The van der Waals surface area contributed by atoms with E-state index < -0.39 is 6.10 Å². The molecule has 3 N–H and O–H groups in total. The van der Waals surface area contributed by atoms with E-state index in [0.29, 0.717) is 33.6 Å². The van der Waals surface area contributed by atoms with Gasteiger partial charge in [-0.25, -0.2) is 9.97 Å². The second kappa shape index (κ2) is 10.4. The second-order valence-electron chi connectivity index (χ2n) is 8.60. The summed E-state index contributed by atoms with van der Waals surface area (Å²) >= 11 is 1.29. The lowest BCUT2D eigenvalue weighted by Crippen LogP contribution is -2.18. The number of aromatic nitrogens is 3. The van der Waals surface area contributed by atoms with E-state index in [1.807, 2.05) is 42.5 Å². The van der Waals surface area contributed by atoms with Crippen LogP contribution < -0.4 is 10.6 Å². The highest BCUT2D eigenvalue weighted by molar-refractivity contribution is 7.17. The predicted octanol–water partition coefficient (Wildman–Crippen LogP) is 4.99. The number of aliphatic hydroxyl groups is 1. The van der Waals surface area contributed by atoms with Gasteiger partial charge in [-0.05, 0) is 37.3 Å². The first-order chi connectivity index (χ1) is 17.9. The topological polar surface area (TPSA) is 122 Å². The van der Waals surface area contributed by atoms with Crippen molar-refractivity contribution in [3.63, 3.8) is 0 Å². The van der Waals surface area contributed by atoms with Crippen LogP contribution in [0.2, 0.25) is 0 Å². The fourth-order valence-electron chi connectivity index (χ4n) is 3.92. The summed E-state index contributed by atoms with van der Waals surface area (Å²) in [7, 11) is 0. The lowest BCUT2D eigenvalue weighted by molar-refractivity contribution is 0.100. The van der Waals surface area contributed by atoms with Crippen LogP contribution >= 0.6 is 11.3 Å². The average molecular weight is 516 g/mol. The lowest BCUT2D eigenvalue weighted by Gasteiger charge is -2.11. The number of carbonyl (C=O) groups is 2. The van der Waals surface area contributed by atoms with Crippen LogP contribution in [0.4, 0.5) is 11.6 Å². The third kappa shape index (κ3) is 5.45. The van der Waals surface area contributed by atoms with Crippen molar-refractivity contribution in [3.8, 4) is 10.6 Å². The number of benzene rings is 2. The summed E-state index contributed by atoms with van der Waals surface area (Å²) in [5.41, 5.74) is 2.73. The maximum absolute atomic E-state index is 13.0. The molecule has 5 aromatic rings. The first kappa shape index (κ1) is 24.4. The van der Waals surface area contributed by atoms with Gasteiger partial charge in [0.05, 0.1) is 46.2 Å². The quantitative estimate of drug-likeness (QED) is 0.236. The molecule has 1 atom stereocenters. The number of aryl methyl sites for hydroxylation is 1. The minimum atomic E-state index is -0.655. The molecule has 188 valence electrons. The predicted molar refractivity (Wildman–Crippen MR) is 143 cm³/mol. The summed E-state index contributed by atoms with van der Waals surface area (Å²) in [6.07, 6.45) is 0.974. The Hall–Kier alpha value is -4.28. The van der Waals surface area contributed by atoms with Gasteiger partial charge in [0.2, 0.25) is 5.95 Å². The van der Waals surface area contributed by atoms with E-state index >= 15 is 0 Å². The Morgan fingerprint density at radius 1 is 1.14 bits per heavy atom. The average Bonchev–Trinajstić information content (AvgIpc) is 3.62. The molecule has 3 aromatic heterocycles. The summed E-state index contributed by atoms with van der Waals surface area (Å²) in [5.74, 6) is 1.14. The zero-order valence-corrected chi connectivity index (χ0v) is 21.1. The monoisotopic (exact) mass is 515 g/mol. The third-order valence-electron chi connectivity index (χ3n) is 5.66. The van der Waals surface area contributed by atoms with Gasteiger partial charge in [-0.1, -0.05) is 30.3 Å². The van der Waals surface area contributed by atoms with Gasteiger partial charge in [-0.15, -0.1) is 11.3 Å². The fourth-order valence-corrected chi connectivity index (χ4v) is 4.77. The SMILES string of the molecule is Cc1ncc(-c2ccc(C(=O)Nc3nc4cc(NCC(=O)c5ccccc5)ccc4n3C[C@@H](C)O)s2)o1. The molecule has 0 aliphatic carbocycles. The summed E-state index contributed by atoms with van der Waals surface area (Å²) in [6.45, 7) is 3.82. The number of nitrogens with zero attached hydrogens (tertiary/aromatic N) is 3. The van der Waals surface area contributed by atoms with Crippen molar-refractivity contribution in [2.75, 3.05) is 17.2 Å². The largest absolute Gasteiger partial charge is 0.440 e. The Labute approximate surface area is 216 Å². The molecule has 5 rings (SSSR count). The molecule has 37 heavy (non-hydrogen) atoms. The lowest BCUT2D eigenvalue weighted by atomic mass is 10.1. The number of carbonyl (C=O) groups excluding carboxylic acids is 2. The van der Waals surface area contributed by atoms with E-state index in [1.165, 1.54) is 11.3 Å². The van der Waals surface area contributed by atoms with Crippen LogP contribution in [0.1, 0.15) is 32.8 Å². The zero-order chi connectivity index (χ0) is 25.9. The van der Waals surface area contributed by atoms with Gasteiger partial charge in [0.25, 0.3) is 5.91 Å². The summed E-state index contributed by atoms with van der Waals surface area (Å²) in [6, 6.07) is 18.1. The summed E-state index contributed by atoms with van der Waals surface area (Å²) in [5, 5.41) is 16.1. The number of thiophene rings is 1. The van der Waals surface area contributed by atoms with Crippen LogP contribution in [0.25, 0.3) is 21.7 Å². The highest BCUT2D eigenvalue weighted by Gasteiger charge is 2.18. The van der Waals surface area contributed by atoms with E-state index in [0.717, 1.165) is 16.1 Å².